The molecule has 0 spiro atoms. The van der Waals surface area contributed by atoms with Crippen LogP contribution in [0.1, 0.15) is 59.1 Å². The Kier molecular flexibility index (Phi) is 9.71. The standard InChI is InChI=1S/C10H20O2.C9H9F3/c1-6-9(11)12-10(7(2)3)8(4)5;1-2-7-3-5-8(6-4-7)9(10,11)12/h7-8,10H,6H2,1-5H3;3-6H,2H2,1H3. The molecule has 1 rings (SSSR count). The average Bonchev–Trinajstić information content (AvgIpc) is 2.51. The highest BCUT2D eigenvalue weighted by Crippen LogP contribution is 2.29. The largest absolute Gasteiger partial charge is 0.462 e. The fourth-order valence-electron chi connectivity index (χ4n) is 2.21. The van der Waals surface area contributed by atoms with Crippen molar-refractivity contribution in [3.8, 4) is 0 Å². The Hall–Kier alpha value is -1.52. The Morgan fingerprint density at radius 2 is 1.46 bits per heavy atom. The second kappa shape index (κ2) is 10.4. The molecule has 0 aliphatic carbocycles. The maximum absolute atomic E-state index is 12.0. The van der Waals surface area contributed by atoms with E-state index in [2.05, 4.69) is 27.7 Å². The van der Waals surface area contributed by atoms with Crippen molar-refractivity contribution in [3.05, 3.63) is 35.4 Å². The van der Waals surface area contributed by atoms with Gasteiger partial charge >= 0.3 is 12.1 Å². The van der Waals surface area contributed by atoms with Gasteiger partial charge in [-0.2, -0.15) is 13.2 Å². The fraction of sp³-hybridized carbons (Fsp3) is 0.632. The number of alkyl halides is 3. The van der Waals surface area contributed by atoms with E-state index in [4.69, 9.17) is 4.74 Å². The molecule has 5 heteroatoms. The molecule has 0 radical (unpaired) electrons. The number of benzene rings is 1. The third-order valence-electron chi connectivity index (χ3n) is 3.56. The molecule has 0 aliphatic rings. The van der Waals surface area contributed by atoms with Crippen LogP contribution in [0.3, 0.4) is 0 Å². The second-order valence-corrected chi connectivity index (χ2v) is 6.34. The van der Waals surface area contributed by atoms with Gasteiger partial charge in [0, 0.05) is 6.42 Å². The lowest BCUT2D eigenvalue weighted by molar-refractivity contribution is -0.153. The molecule has 1 aromatic rings. The summed E-state index contributed by atoms with van der Waals surface area (Å²) < 4.78 is 41.4. The van der Waals surface area contributed by atoms with Crippen LogP contribution in [0.25, 0.3) is 0 Å². The van der Waals surface area contributed by atoms with Crippen LogP contribution in [0, 0.1) is 11.8 Å². The van der Waals surface area contributed by atoms with Gasteiger partial charge in [-0.3, -0.25) is 4.79 Å². The van der Waals surface area contributed by atoms with Gasteiger partial charge in [-0.1, -0.05) is 53.7 Å². The molecule has 0 N–H and O–H groups in total. The van der Waals surface area contributed by atoms with E-state index < -0.39 is 11.7 Å². The molecule has 0 heterocycles. The van der Waals surface area contributed by atoms with Gasteiger partial charge < -0.3 is 4.74 Å². The Morgan fingerprint density at radius 3 is 1.75 bits per heavy atom. The van der Waals surface area contributed by atoms with Crippen molar-refractivity contribution < 1.29 is 22.7 Å². The Balaban J connectivity index is 0.000000441. The molecule has 0 unspecified atom stereocenters. The third-order valence-corrected chi connectivity index (χ3v) is 3.56. The minimum Gasteiger partial charge on any atom is -0.462 e. The second-order valence-electron chi connectivity index (χ2n) is 6.34. The zero-order valence-corrected chi connectivity index (χ0v) is 15.4. The molecule has 138 valence electrons. The first-order valence-corrected chi connectivity index (χ1v) is 8.38. The Bertz CT molecular complexity index is 468. The van der Waals surface area contributed by atoms with E-state index in [9.17, 15) is 18.0 Å². The molecule has 0 atom stereocenters. The summed E-state index contributed by atoms with van der Waals surface area (Å²) in [4.78, 5) is 11.0. The summed E-state index contributed by atoms with van der Waals surface area (Å²) in [5.74, 6) is 0.711. The van der Waals surface area contributed by atoms with Crippen LogP contribution < -0.4 is 0 Å². The SMILES string of the molecule is CCC(=O)OC(C(C)C)C(C)C.CCc1ccc(C(F)(F)F)cc1. The highest BCUT2D eigenvalue weighted by Gasteiger charge is 2.29. The van der Waals surface area contributed by atoms with E-state index in [1.165, 1.54) is 12.1 Å². The maximum Gasteiger partial charge on any atom is 0.416 e. The van der Waals surface area contributed by atoms with Crippen molar-refractivity contribution in [1.29, 1.82) is 0 Å². The average molecular weight is 346 g/mol. The number of hydrogen-bond donors (Lipinski definition) is 0. The number of esters is 1. The Labute approximate surface area is 143 Å². The van der Waals surface area contributed by atoms with E-state index in [1.54, 1.807) is 0 Å². The quantitative estimate of drug-likeness (QED) is 0.622. The van der Waals surface area contributed by atoms with Crippen LogP contribution in [-0.4, -0.2) is 12.1 Å². The molecule has 0 fully saturated rings. The molecule has 0 saturated heterocycles. The van der Waals surface area contributed by atoms with Crippen molar-refractivity contribution in [3.63, 3.8) is 0 Å². The predicted octanol–water partition coefficient (Wildman–Crippen LogP) is 5.89. The Morgan fingerprint density at radius 1 is 1.00 bits per heavy atom. The van der Waals surface area contributed by atoms with Gasteiger partial charge in [0.15, 0.2) is 0 Å². The number of carbonyl (C=O) groups is 1. The van der Waals surface area contributed by atoms with Crippen LogP contribution in [0.2, 0.25) is 0 Å². The van der Waals surface area contributed by atoms with E-state index in [1.807, 2.05) is 13.8 Å². The minimum atomic E-state index is -4.22. The molecule has 24 heavy (non-hydrogen) atoms. The highest BCUT2D eigenvalue weighted by atomic mass is 19.4. The van der Waals surface area contributed by atoms with Crippen LogP contribution in [0.5, 0.6) is 0 Å². The van der Waals surface area contributed by atoms with E-state index in [-0.39, 0.29) is 12.1 Å². The zero-order valence-electron chi connectivity index (χ0n) is 15.4. The summed E-state index contributed by atoms with van der Waals surface area (Å²) in [6, 6.07) is 5.23. The maximum atomic E-state index is 12.0. The molecule has 0 amide bonds. The van der Waals surface area contributed by atoms with Gasteiger partial charge in [0.1, 0.15) is 6.10 Å². The van der Waals surface area contributed by atoms with Crippen LogP contribution in [-0.2, 0) is 22.1 Å². The topological polar surface area (TPSA) is 26.3 Å². The van der Waals surface area contributed by atoms with Crippen molar-refractivity contribution in [2.24, 2.45) is 11.8 Å². The molecule has 1 aromatic carbocycles. The van der Waals surface area contributed by atoms with Gasteiger partial charge in [-0.25, -0.2) is 0 Å². The molecule has 0 aromatic heterocycles. The molecule has 2 nitrogen and oxygen atoms in total. The molecule has 0 aliphatic heterocycles. The van der Waals surface area contributed by atoms with Crippen molar-refractivity contribution in [2.75, 3.05) is 0 Å². The summed E-state index contributed by atoms with van der Waals surface area (Å²) in [7, 11) is 0. The minimum absolute atomic E-state index is 0.0671. The van der Waals surface area contributed by atoms with Crippen molar-refractivity contribution in [2.45, 2.75) is 66.7 Å². The number of rotatable bonds is 5. The van der Waals surface area contributed by atoms with Gasteiger partial charge in [-0.05, 0) is 36.0 Å². The molecule has 0 saturated carbocycles. The molecular formula is C19H29F3O2. The smallest absolute Gasteiger partial charge is 0.416 e. The van der Waals surface area contributed by atoms with Crippen LogP contribution >= 0.6 is 0 Å². The molecular weight excluding hydrogens is 317 g/mol. The number of halogens is 3. The summed E-state index contributed by atoms with van der Waals surface area (Å²) in [6.45, 7) is 12.0. The van der Waals surface area contributed by atoms with E-state index in [0.717, 1.165) is 24.1 Å². The third kappa shape index (κ3) is 8.37. The zero-order chi connectivity index (χ0) is 18.9. The summed E-state index contributed by atoms with van der Waals surface area (Å²) in [5.41, 5.74) is 0.336. The lowest BCUT2D eigenvalue weighted by Crippen LogP contribution is -2.28. The predicted molar refractivity (Wildman–Crippen MR) is 90.7 cm³/mol. The van der Waals surface area contributed by atoms with Gasteiger partial charge in [0.05, 0.1) is 5.56 Å². The van der Waals surface area contributed by atoms with E-state index >= 15 is 0 Å². The van der Waals surface area contributed by atoms with Crippen LogP contribution in [0.4, 0.5) is 13.2 Å². The lowest BCUT2D eigenvalue weighted by atomic mass is 9.96. The number of aryl methyl sites for hydroxylation is 1. The van der Waals surface area contributed by atoms with Gasteiger partial charge in [0.25, 0.3) is 0 Å². The molecule has 0 bridgehead atoms. The first kappa shape index (κ1) is 22.5. The van der Waals surface area contributed by atoms with E-state index in [0.29, 0.717) is 18.3 Å². The first-order chi connectivity index (χ1) is 11.0. The number of ether oxygens (including phenoxy) is 1. The summed E-state index contributed by atoms with van der Waals surface area (Å²) in [6.07, 6.45) is -2.92. The fourth-order valence-corrected chi connectivity index (χ4v) is 2.21. The number of carbonyl (C=O) groups excluding carboxylic acids is 1. The first-order valence-electron chi connectivity index (χ1n) is 8.38. The highest BCUT2D eigenvalue weighted by molar-refractivity contribution is 5.69. The van der Waals surface area contributed by atoms with Crippen molar-refractivity contribution >= 4 is 5.97 Å². The van der Waals surface area contributed by atoms with Crippen LogP contribution in [0.15, 0.2) is 24.3 Å². The van der Waals surface area contributed by atoms with Crippen molar-refractivity contribution in [1.82, 2.24) is 0 Å². The lowest BCUT2D eigenvalue weighted by Gasteiger charge is -2.24. The normalized spacial score (nSPS) is 11.5. The van der Waals surface area contributed by atoms with Gasteiger partial charge in [-0.15, -0.1) is 0 Å². The summed E-state index contributed by atoms with van der Waals surface area (Å²) in [5, 5.41) is 0. The van der Waals surface area contributed by atoms with Gasteiger partial charge in [0.2, 0.25) is 0 Å². The summed E-state index contributed by atoms with van der Waals surface area (Å²) >= 11 is 0. The monoisotopic (exact) mass is 346 g/mol. The number of hydrogen-bond acceptors (Lipinski definition) is 2.